The highest BCUT2D eigenvalue weighted by Gasteiger charge is 2.12. The summed E-state index contributed by atoms with van der Waals surface area (Å²) in [5.74, 6) is -0.181. The lowest BCUT2D eigenvalue weighted by molar-refractivity contribution is 0.102. The molecule has 1 aliphatic rings. The summed E-state index contributed by atoms with van der Waals surface area (Å²) in [6.07, 6.45) is 1.04. The summed E-state index contributed by atoms with van der Waals surface area (Å²) in [5, 5.41) is 6.69. The summed E-state index contributed by atoms with van der Waals surface area (Å²) >= 11 is 6.03. The van der Waals surface area contributed by atoms with E-state index in [9.17, 15) is 4.79 Å². The molecule has 0 saturated carbocycles. The molecule has 5 heteroatoms. The maximum Gasteiger partial charge on any atom is 0.257 e. The molecular formula is C16H16Cl2N2O. The minimum Gasteiger partial charge on any atom is -0.322 e. The number of hydrogen-bond donors (Lipinski definition) is 2. The van der Waals surface area contributed by atoms with E-state index in [1.807, 2.05) is 18.2 Å². The van der Waals surface area contributed by atoms with Gasteiger partial charge in [0.05, 0.1) is 10.6 Å². The first-order valence-corrected chi connectivity index (χ1v) is 7.00. The molecule has 0 bridgehead atoms. The molecule has 110 valence electrons. The van der Waals surface area contributed by atoms with Crippen molar-refractivity contribution in [2.75, 3.05) is 11.9 Å². The fraction of sp³-hybridized carbons (Fsp3) is 0.188. The lowest BCUT2D eigenvalue weighted by Crippen LogP contribution is -2.23. The molecule has 0 radical (unpaired) electrons. The van der Waals surface area contributed by atoms with Crippen LogP contribution in [-0.4, -0.2) is 12.5 Å². The van der Waals surface area contributed by atoms with E-state index in [1.165, 1.54) is 11.1 Å². The van der Waals surface area contributed by atoms with Crippen LogP contribution in [0.25, 0.3) is 0 Å². The molecule has 0 atom stereocenters. The van der Waals surface area contributed by atoms with Gasteiger partial charge in [-0.05, 0) is 48.4 Å². The van der Waals surface area contributed by atoms with Crippen molar-refractivity contribution in [2.24, 2.45) is 0 Å². The zero-order valence-corrected chi connectivity index (χ0v) is 12.9. The number of carbonyl (C=O) groups is 1. The van der Waals surface area contributed by atoms with Crippen molar-refractivity contribution in [1.29, 1.82) is 0 Å². The second-order valence-corrected chi connectivity index (χ2v) is 5.25. The van der Waals surface area contributed by atoms with Crippen LogP contribution >= 0.6 is 24.0 Å². The number of rotatable bonds is 2. The predicted octanol–water partition coefficient (Wildman–Crippen LogP) is 3.66. The maximum absolute atomic E-state index is 12.2. The average molecular weight is 323 g/mol. The van der Waals surface area contributed by atoms with Crippen LogP contribution in [0.15, 0.2) is 42.5 Å². The Balaban J connectivity index is 0.00000161. The Morgan fingerprint density at radius 2 is 1.95 bits per heavy atom. The van der Waals surface area contributed by atoms with Crippen LogP contribution in [0.2, 0.25) is 5.02 Å². The normalized spacial score (nSPS) is 13.0. The summed E-state index contributed by atoms with van der Waals surface area (Å²) in [7, 11) is 0. The van der Waals surface area contributed by atoms with E-state index in [-0.39, 0.29) is 18.3 Å². The smallest absolute Gasteiger partial charge is 0.257 e. The highest BCUT2D eigenvalue weighted by Crippen LogP contribution is 2.21. The van der Waals surface area contributed by atoms with Gasteiger partial charge in [0.2, 0.25) is 0 Å². The first-order chi connectivity index (χ1) is 9.74. The zero-order valence-electron chi connectivity index (χ0n) is 11.4. The van der Waals surface area contributed by atoms with E-state index < -0.39 is 0 Å². The number of carbonyl (C=O) groups excluding carboxylic acids is 1. The minimum atomic E-state index is -0.181. The highest BCUT2D eigenvalue weighted by molar-refractivity contribution is 6.34. The number of fused-ring (bicyclic) bond motifs is 1. The summed E-state index contributed by atoms with van der Waals surface area (Å²) < 4.78 is 0. The third-order valence-electron chi connectivity index (χ3n) is 3.47. The third kappa shape index (κ3) is 3.56. The molecule has 1 heterocycles. The van der Waals surface area contributed by atoms with Crippen LogP contribution in [0, 0.1) is 0 Å². The molecule has 0 aliphatic carbocycles. The first-order valence-electron chi connectivity index (χ1n) is 6.62. The van der Waals surface area contributed by atoms with Gasteiger partial charge in [-0.3, -0.25) is 4.79 Å². The Hall–Kier alpha value is -1.55. The molecule has 0 fully saturated rings. The number of benzene rings is 2. The standard InChI is InChI=1S/C16H15ClN2O.ClH/c17-15-4-2-1-3-14(15)16(20)19-13-6-5-11-7-8-18-10-12(11)9-13;/h1-6,9,18H,7-8,10H2,(H,19,20);1H. The second kappa shape index (κ2) is 6.94. The fourth-order valence-electron chi connectivity index (χ4n) is 2.40. The highest BCUT2D eigenvalue weighted by atomic mass is 35.5. The van der Waals surface area contributed by atoms with Crippen LogP contribution in [0.3, 0.4) is 0 Å². The van der Waals surface area contributed by atoms with E-state index in [0.29, 0.717) is 10.6 Å². The molecule has 1 amide bonds. The number of nitrogens with one attached hydrogen (secondary N) is 2. The number of anilines is 1. The van der Waals surface area contributed by atoms with Crippen molar-refractivity contribution in [3.05, 3.63) is 64.2 Å². The lowest BCUT2D eigenvalue weighted by Gasteiger charge is -2.18. The molecule has 2 N–H and O–H groups in total. The van der Waals surface area contributed by atoms with Crippen LogP contribution in [0.1, 0.15) is 21.5 Å². The van der Waals surface area contributed by atoms with Gasteiger partial charge in [0.15, 0.2) is 0 Å². The lowest BCUT2D eigenvalue weighted by atomic mass is 10.0. The van der Waals surface area contributed by atoms with Crippen molar-refractivity contribution in [3.63, 3.8) is 0 Å². The zero-order chi connectivity index (χ0) is 13.9. The summed E-state index contributed by atoms with van der Waals surface area (Å²) in [6, 6.07) is 13.1. The van der Waals surface area contributed by atoms with Crippen LogP contribution in [0.4, 0.5) is 5.69 Å². The van der Waals surface area contributed by atoms with Gasteiger partial charge in [0.25, 0.3) is 5.91 Å². The molecule has 2 aromatic rings. The molecule has 3 nitrogen and oxygen atoms in total. The largest absolute Gasteiger partial charge is 0.322 e. The van der Waals surface area contributed by atoms with Gasteiger partial charge in [-0.15, -0.1) is 12.4 Å². The van der Waals surface area contributed by atoms with E-state index in [1.54, 1.807) is 18.2 Å². The first kappa shape index (κ1) is 15.8. The quantitative estimate of drug-likeness (QED) is 0.885. The Bertz CT molecular complexity index is 658. The van der Waals surface area contributed by atoms with E-state index in [4.69, 9.17) is 11.6 Å². The van der Waals surface area contributed by atoms with Gasteiger partial charge in [-0.25, -0.2) is 0 Å². The molecule has 21 heavy (non-hydrogen) atoms. The van der Waals surface area contributed by atoms with Gasteiger partial charge in [-0.1, -0.05) is 29.8 Å². The van der Waals surface area contributed by atoms with Crippen molar-refractivity contribution in [1.82, 2.24) is 5.32 Å². The molecule has 0 spiro atoms. The predicted molar refractivity (Wildman–Crippen MR) is 88.5 cm³/mol. The molecule has 2 aromatic carbocycles. The molecule has 0 unspecified atom stereocenters. The number of halogens is 2. The molecule has 0 aromatic heterocycles. The van der Waals surface area contributed by atoms with Gasteiger partial charge < -0.3 is 10.6 Å². The van der Waals surface area contributed by atoms with Crippen molar-refractivity contribution >= 4 is 35.6 Å². The Morgan fingerprint density at radius 1 is 1.14 bits per heavy atom. The van der Waals surface area contributed by atoms with Crippen molar-refractivity contribution < 1.29 is 4.79 Å². The van der Waals surface area contributed by atoms with Crippen LogP contribution in [-0.2, 0) is 13.0 Å². The Kier molecular flexibility index (Phi) is 5.23. The summed E-state index contributed by atoms with van der Waals surface area (Å²) in [4.78, 5) is 12.2. The Labute approximate surface area is 135 Å². The van der Waals surface area contributed by atoms with Crippen LogP contribution < -0.4 is 10.6 Å². The topological polar surface area (TPSA) is 41.1 Å². The fourth-order valence-corrected chi connectivity index (χ4v) is 2.62. The summed E-state index contributed by atoms with van der Waals surface area (Å²) in [6.45, 7) is 1.86. The number of hydrogen-bond acceptors (Lipinski definition) is 2. The van der Waals surface area contributed by atoms with Crippen LogP contribution in [0.5, 0.6) is 0 Å². The van der Waals surface area contributed by atoms with E-state index >= 15 is 0 Å². The van der Waals surface area contributed by atoms with Gasteiger partial charge >= 0.3 is 0 Å². The minimum absolute atomic E-state index is 0. The third-order valence-corrected chi connectivity index (χ3v) is 3.80. The Morgan fingerprint density at radius 3 is 2.76 bits per heavy atom. The maximum atomic E-state index is 12.2. The average Bonchev–Trinajstić information content (AvgIpc) is 2.47. The molecule has 3 rings (SSSR count). The number of amides is 1. The van der Waals surface area contributed by atoms with Crippen molar-refractivity contribution in [3.8, 4) is 0 Å². The molecule has 0 saturated heterocycles. The summed E-state index contributed by atoms with van der Waals surface area (Å²) in [5.41, 5.74) is 3.88. The second-order valence-electron chi connectivity index (χ2n) is 4.84. The van der Waals surface area contributed by atoms with Gasteiger partial charge in [0.1, 0.15) is 0 Å². The van der Waals surface area contributed by atoms with E-state index in [2.05, 4.69) is 16.7 Å². The SMILES string of the molecule is Cl.O=C(Nc1ccc2c(c1)CNCC2)c1ccccc1Cl. The van der Waals surface area contributed by atoms with Gasteiger partial charge in [-0.2, -0.15) is 0 Å². The molecule has 1 aliphatic heterocycles. The van der Waals surface area contributed by atoms with E-state index in [0.717, 1.165) is 25.2 Å². The molecular weight excluding hydrogens is 307 g/mol. The van der Waals surface area contributed by atoms with Gasteiger partial charge in [0, 0.05) is 12.2 Å². The van der Waals surface area contributed by atoms with Crippen molar-refractivity contribution in [2.45, 2.75) is 13.0 Å². The monoisotopic (exact) mass is 322 g/mol.